The number of ether oxygens (including phenoxy) is 2. The average Bonchev–Trinajstić information content (AvgIpc) is 2.25. The van der Waals surface area contributed by atoms with Crippen LogP contribution in [-0.2, 0) is 19.1 Å². The Morgan fingerprint density at radius 2 is 2.41 bits per heavy atom. The fourth-order valence-corrected chi connectivity index (χ4v) is 1.61. The van der Waals surface area contributed by atoms with Crippen LogP contribution in [0.4, 0.5) is 0 Å². The highest BCUT2D eigenvalue weighted by atomic mass is 16.6. The molecule has 2 atom stereocenters. The van der Waals surface area contributed by atoms with Gasteiger partial charge in [-0.2, -0.15) is 0 Å². The Morgan fingerprint density at radius 1 is 1.71 bits per heavy atom. The summed E-state index contributed by atoms with van der Waals surface area (Å²) in [5, 5.41) is 9.62. The van der Waals surface area contributed by atoms with E-state index in [9.17, 15) is 14.7 Å². The number of carbonyl (C=O) groups excluding carboxylic acids is 2. The molecule has 0 aromatic rings. The SMILES string of the molecule is C=C(C)C(=O)OCC(O)CC1CCCC(=O)O1. The van der Waals surface area contributed by atoms with Gasteiger partial charge in [-0.3, -0.25) is 4.79 Å². The minimum atomic E-state index is -0.811. The lowest BCUT2D eigenvalue weighted by molar-refractivity contribution is -0.157. The Labute approximate surface area is 100 Å². The van der Waals surface area contributed by atoms with E-state index in [0.29, 0.717) is 18.4 Å². The first-order chi connectivity index (χ1) is 7.99. The van der Waals surface area contributed by atoms with Gasteiger partial charge in [0.05, 0.1) is 6.10 Å². The highest BCUT2D eigenvalue weighted by molar-refractivity contribution is 5.86. The Bertz CT molecular complexity index is 310. The van der Waals surface area contributed by atoms with Crippen LogP contribution in [0.5, 0.6) is 0 Å². The van der Waals surface area contributed by atoms with E-state index in [-0.39, 0.29) is 18.7 Å². The van der Waals surface area contributed by atoms with Gasteiger partial charge in [0, 0.05) is 18.4 Å². The molecule has 1 saturated heterocycles. The summed E-state index contributed by atoms with van der Waals surface area (Å²) in [6.07, 6.45) is 1.19. The van der Waals surface area contributed by atoms with Gasteiger partial charge in [-0.05, 0) is 19.8 Å². The maximum absolute atomic E-state index is 11.1. The fourth-order valence-electron chi connectivity index (χ4n) is 1.61. The molecular weight excluding hydrogens is 224 g/mol. The molecule has 2 unspecified atom stereocenters. The van der Waals surface area contributed by atoms with E-state index in [1.54, 1.807) is 0 Å². The van der Waals surface area contributed by atoms with Gasteiger partial charge in [0.15, 0.2) is 0 Å². The van der Waals surface area contributed by atoms with Crippen LogP contribution < -0.4 is 0 Å². The maximum atomic E-state index is 11.1. The van der Waals surface area contributed by atoms with Gasteiger partial charge < -0.3 is 14.6 Å². The topological polar surface area (TPSA) is 72.8 Å². The molecule has 0 aromatic heterocycles. The Hall–Kier alpha value is -1.36. The Balaban J connectivity index is 2.24. The first kappa shape index (κ1) is 13.7. The van der Waals surface area contributed by atoms with Crippen molar-refractivity contribution in [2.45, 2.75) is 44.8 Å². The summed E-state index contributed by atoms with van der Waals surface area (Å²) in [5.74, 6) is -0.753. The number of rotatable bonds is 5. The third kappa shape index (κ3) is 4.99. The molecule has 1 rings (SSSR count). The first-order valence-corrected chi connectivity index (χ1v) is 5.69. The lowest BCUT2D eigenvalue weighted by atomic mass is 10.0. The molecule has 1 fully saturated rings. The highest BCUT2D eigenvalue weighted by Gasteiger charge is 2.23. The molecule has 0 radical (unpaired) electrons. The molecule has 0 aliphatic carbocycles. The van der Waals surface area contributed by atoms with Crippen molar-refractivity contribution in [1.29, 1.82) is 0 Å². The second kappa shape index (κ2) is 6.39. The van der Waals surface area contributed by atoms with Crippen molar-refractivity contribution in [1.82, 2.24) is 0 Å². The zero-order valence-corrected chi connectivity index (χ0v) is 9.98. The van der Waals surface area contributed by atoms with Gasteiger partial charge >= 0.3 is 11.9 Å². The summed E-state index contributed by atoms with van der Waals surface area (Å²) in [4.78, 5) is 22.1. The second-order valence-corrected chi connectivity index (χ2v) is 4.27. The van der Waals surface area contributed by atoms with Gasteiger partial charge in [-0.25, -0.2) is 4.79 Å². The molecule has 0 aromatic carbocycles. The molecule has 1 N–H and O–H groups in total. The molecule has 0 saturated carbocycles. The Morgan fingerprint density at radius 3 is 3.00 bits per heavy atom. The predicted octanol–water partition coefficient (Wildman–Crippen LogP) is 0.952. The summed E-state index contributed by atoms with van der Waals surface area (Å²) in [5.41, 5.74) is 0.293. The van der Waals surface area contributed by atoms with Crippen LogP contribution in [0.2, 0.25) is 0 Å². The Kier molecular flexibility index (Phi) is 5.15. The van der Waals surface area contributed by atoms with Gasteiger partial charge in [0.1, 0.15) is 12.7 Å². The molecule has 0 amide bonds. The molecule has 1 aliphatic rings. The molecule has 96 valence electrons. The molecule has 0 spiro atoms. The van der Waals surface area contributed by atoms with Gasteiger partial charge in [0.25, 0.3) is 0 Å². The summed E-state index contributed by atoms with van der Waals surface area (Å²) in [7, 11) is 0. The van der Waals surface area contributed by atoms with Crippen molar-refractivity contribution in [2.24, 2.45) is 0 Å². The van der Waals surface area contributed by atoms with E-state index in [4.69, 9.17) is 9.47 Å². The average molecular weight is 242 g/mol. The minimum absolute atomic E-state index is 0.0975. The third-order valence-corrected chi connectivity index (χ3v) is 2.50. The van der Waals surface area contributed by atoms with E-state index in [2.05, 4.69) is 6.58 Å². The maximum Gasteiger partial charge on any atom is 0.333 e. The normalized spacial score (nSPS) is 21.5. The van der Waals surface area contributed by atoms with Crippen LogP contribution in [0.1, 0.15) is 32.6 Å². The molecule has 1 heterocycles. The number of hydrogen-bond donors (Lipinski definition) is 1. The summed E-state index contributed by atoms with van der Waals surface area (Å²) in [6.45, 7) is 4.87. The van der Waals surface area contributed by atoms with Crippen LogP contribution in [0.3, 0.4) is 0 Å². The summed E-state index contributed by atoms with van der Waals surface area (Å²) < 4.78 is 9.86. The van der Waals surface area contributed by atoms with Crippen LogP contribution in [0.15, 0.2) is 12.2 Å². The van der Waals surface area contributed by atoms with Gasteiger partial charge in [0.2, 0.25) is 0 Å². The van der Waals surface area contributed by atoms with Crippen molar-refractivity contribution in [2.75, 3.05) is 6.61 Å². The van der Waals surface area contributed by atoms with E-state index in [1.165, 1.54) is 6.92 Å². The lowest BCUT2D eigenvalue weighted by Gasteiger charge is -2.24. The summed E-state index contributed by atoms with van der Waals surface area (Å²) in [6, 6.07) is 0. The number of hydrogen-bond acceptors (Lipinski definition) is 5. The van der Waals surface area contributed by atoms with Crippen LogP contribution >= 0.6 is 0 Å². The van der Waals surface area contributed by atoms with E-state index < -0.39 is 12.1 Å². The standard InChI is InChI=1S/C12H18O5/c1-8(2)12(15)16-7-9(13)6-10-4-3-5-11(14)17-10/h9-10,13H,1,3-7H2,2H3. The summed E-state index contributed by atoms with van der Waals surface area (Å²) >= 11 is 0. The van der Waals surface area contributed by atoms with Crippen LogP contribution in [-0.4, -0.2) is 35.9 Å². The molecule has 5 heteroatoms. The number of aliphatic hydroxyl groups excluding tert-OH is 1. The van der Waals surface area contributed by atoms with Gasteiger partial charge in [-0.1, -0.05) is 6.58 Å². The third-order valence-electron chi connectivity index (χ3n) is 2.50. The molecule has 17 heavy (non-hydrogen) atoms. The second-order valence-electron chi connectivity index (χ2n) is 4.27. The highest BCUT2D eigenvalue weighted by Crippen LogP contribution is 2.18. The number of esters is 2. The first-order valence-electron chi connectivity index (χ1n) is 5.69. The van der Waals surface area contributed by atoms with E-state index in [0.717, 1.165) is 12.8 Å². The molecule has 1 aliphatic heterocycles. The lowest BCUT2D eigenvalue weighted by Crippen LogP contribution is -2.30. The van der Waals surface area contributed by atoms with Crippen molar-refractivity contribution >= 4 is 11.9 Å². The number of cyclic esters (lactones) is 1. The van der Waals surface area contributed by atoms with Crippen molar-refractivity contribution < 1.29 is 24.2 Å². The monoisotopic (exact) mass is 242 g/mol. The smallest absolute Gasteiger partial charge is 0.333 e. The molecule has 5 nitrogen and oxygen atoms in total. The predicted molar refractivity (Wildman–Crippen MR) is 60.1 cm³/mol. The van der Waals surface area contributed by atoms with E-state index in [1.807, 2.05) is 0 Å². The van der Waals surface area contributed by atoms with Crippen molar-refractivity contribution in [3.63, 3.8) is 0 Å². The zero-order valence-electron chi connectivity index (χ0n) is 9.98. The molecule has 0 bridgehead atoms. The molecular formula is C12H18O5. The number of aliphatic hydroxyl groups is 1. The van der Waals surface area contributed by atoms with Crippen LogP contribution in [0, 0.1) is 0 Å². The quantitative estimate of drug-likeness (QED) is 0.574. The van der Waals surface area contributed by atoms with Crippen LogP contribution in [0.25, 0.3) is 0 Å². The van der Waals surface area contributed by atoms with E-state index >= 15 is 0 Å². The fraction of sp³-hybridized carbons (Fsp3) is 0.667. The minimum Gasteiger partial charge on any atom is -0.462 e. The zero-order chi connectivity index (χ0) is 12.8. The van der Waals surface area contributed by atoms with Crippen molar-refractivity contribution in [3.8, 4) is 0 Å². The largest absolute Gasteiger partial charge is 0.462 e. The van der Waals surface area contributed by atoms with Gasteiger partial charge in [-0.15, -0.1) is 0 Å². The number of carbonyl (C=O) groups is 2. The van der Waals surface area contributed by atoms with Crippen molar-refractivity contribution in [3.05, 3.63) is 12.2 Å².